The summed E-state index contributed by atoms with van der Waals surface area (Å²) in [6, 6.07) is 13.1. The molecule has 0 saturated carbocycles. The Labute approximate surface area is 132 Å². The molecular weight excluding hydrogens is 330 g/mol. The lowest BCUT2D eigenvalue weighted by atomic mass is 9.82. The number of fused-ring (bicyclic) bond motifs is 1. The number of hydrogen-bond donors (Lipinski definition) is 2. The molecule has 0 aliphatic heterocycles. The molecule has 3 rings (SSSR count). The van der Waals surface area contributed by atoms with Crippen LogP contribution in [0, 0.1) is 0 Å². The molecule has 1 amide bonds. The van der Waals surface area contributed by atoms with Crippen LogP contribution in [-0.2, 0) is 11.2 Å². The van der Waals surface area contributed by atoms with Gasteiger partial charge in [0.25, 0.3) is 0 Å². The Morgan fingerprint density at radius 1 is 1.24 bits per heavy atom. The molecule has 0 radical (unpaired) electrons. The van der Waals surface area contributed by atoms with Crippen LogP contribution in [0.4, 0.5) is 5.69 Å². The molecule has 0 heterocycles. The lowest BCUT2D eigenvalue weighted by Gasteiger charge is -2.25. The van der Waals surface area contributed by atoms with Gasteiger partial charge in [-0.1, -0.05) is 34.1 Å². The molecule has 3 nitrogen and oxygen atoms in total. The number of phenolic OH excluding ortho intramolecular Hbond substituents is 1. The molecule has 2 aromatic carbocycles. The van der Waals surface area contributed by atoms with Gasteiger partial charge in [-0.25, -0.2) is 0 Å². The van der Waals surface area contributed by atoms with E-state index in [1.807, 2.05) is 36.4 Å². The number of para-hydroxylation sites is 1. The second kappa shape index (κ2) is 5.90. The van der Waals surface area contributed by atoms with Crippen LogP contribution < -0.4 is 5.32 Å². The zero-order valence-corrected chi connectivity index (χ0v) is 13.1. The Balaban J connectivity index is 1.89. The Morgan fingerprint density at radius 2 is 2.00 bits per heavy atom. The third-order valence-corrected chi connectivity index (χ3v) is 4.34. The number of anilines is 1. The van der Waals surface area contributed by atoms with Gasteiger partial charge in [0.15, 0.2) is 0 Å². The van der Waals surface area contributed by atoms with Gasteiger partial charge in [-0.3, -0.25) is 4.79 Å². The molecule has 0 spiro atoms. The van der Waals surface area contributed by atoms with Crippen LogP contribution in [0.2, 0.25) is 0 Å². The van der Waals surface area contributed by atoms with Crippen molar-refractivity contribution >= 4 is 27.5 Å². The molecule has 1 unspecified atom stereocenters. The first-order valence-corrected chi connectivity index (χ1v) is 7.81. The van der Waals surface area contributed by atoms with Crippen LogP contribution in [0.25, 0.3) is 0 Å². The Bertz CT molecular complexity index is 670. The van der Waals surface area contributed by atoms with Crippen molar-refractivity contribution in [1.82, 2.24) is 0 Å². The minimum atomic E-state index is -0.211. The molecule has 2 aromatic rings. The highest BCUT2D eigenvalue weighted by molar-refractivity contribution is 9.10. The number of carbonyl (C=O) groups excluding carboxylic acids is 1. The Morgan fingerprint density at radius 3 is 2.76 bits per heavy atom. The fourth-order valence-corrected chi connectivity index (χ4v) is 3.35. The maximum absolute atomic E-state index is 12.5. The zero-order chi connectivity index (χ0) is 14.8. The molecule has 1 aliphatic carbocycles. The van der Waals surface area contributed by atoms with E-state index < -0.39 is 0 Å². The number of hydrogen-bond acceptors (Lipinski definition) is 2. The number of rotatable bonds is 2. The van der Waals surface area contributed by atoms with Crippen molar-refractivity contribution in [2.45, 2.75) is 25.2 Å². The van der Waals surface area contributed by atoms with Gasteiger partial charge in [0, 0.05) is 10.2 Å². The lowest BCUT2D eigenvalue weighted by Crippen LogP contribution is -2.24. The molecule has 0 fully saturated rings. The van der Waals surface area contributed by atoms with Crippen molar-refractivity contribution in [2.24, 2.45) is 0 Å². The van der Waals surface area contributed by atoms with Gasteiger partial charge in [-0.05, 0) is 54.7 Å². The molecule has 0 aromatic heterocycles. The predicted molar refractivity (Wildman–Crippen MR) is 86.6 cm³/mol. The fraction of sp³-hybridized carbons (Fsp3) is 0.235. The van der Waals surface area contributed by atoms with Crippen LogP contribution in [0.15, 0.2) is 46.9 Å². The van der Waals surface area contributed by atoms with Crippen molar-refractivity contribution in [1.29, 1.82) is 0 Å². The summed E-state index contributed by atoms with van der Waals surface area (Å²) in [5.41, 5.74) is 2.63. The molecule has 0 saturated heterocycles. The zero-order valence-electron chi connectivity index (χ0n) is 11.5. The summed E-state index contributed by atoms with van der Waals surface area (Å²) in [7, 11) is 0. The van der Waals surface area contributed by atoms with Crippen molar-refractivity contribution in [2.75, 3.05) is 5.32 Å². The van der Waals surface area contributed by atoms with Gasteiger partial charge in [-0.15, -0.1) is 0 Å². The number of aromatic hydroxyl groups is 1. The van der Waals surface area contributed by atoms with E-state index in [4.69, 9.17) is 0 Å². The lowest BCUT2D eigenvalue weighted by molar-refractivity contribution is -0.117. The van der Waals surface area contributed by atoms with Crippen molar-refractivity contribution < 1.29 is 9.90 Å². The number of nitrogens with one attached hydrogen (secondary N) is 1. The molecular formula is C17H16BrNO2. The minimum Gasteiger partial charge on any atom is -0.508 e. The standard InChI is InChI=1S/C17H16BrNO2/c18-11-9-15-13(16(20)10-11)7-4-8-14(15)17(21)19-12-5-2-1-3-6-12/h1-3,5-6,9-10,14,20H,4,7-8H2,(H,19,21). The van der Waals surface area contributed by atoms with E-state index in [0.29, 0.717) is 0 Å². The number of phenols is 1. The second-order valence-corrected chi connectivity index (χ2v) is 6.21. The summed E-state index contributed by atoms with van der Waals surface area (Å²) in [4.78, 5) is 12.5. The number of amides is 1. The van der Waals surface area contributed by atoms with Gasteiger partial charge in [0.05, 0.1) is 5.92 Å². The maximum Gasteiger partial charge on any atom is 0.231 e. The normalized spacial score (nSPS) is 17.1. The summed E-state index contributed by atoms with van der Waals surface area (Å²) in [5, 5.41) is 13.0. The van der Waals surface area contributed by atoms with Gasteiger partial charge in [0.1, 0.15) is 5.75 Å². The summed E-state index contributed by atoms with van der Waals surface area (Å²) < 4.78 is 0.804. The molecule has 1 atom stereocenters. The Kier molecular flexibility index (Phi) is 3.97. The average Bonchev–Trinajstić information content (AvgIpc) is 2.47. The highest BCUT2D eigenvalue weighted by Gasteiger charge is 2.28. The van der Waals surface area contributed by atoms with E-state index in [2.05, 4.69) is 21.2 Å². The summed E-state index contributed by atoms with van der Waals surface area (Å²) >= 11 is 3.39. The number of halogens is 1. The van der Waals surface area contributed by atoms with Gasteiger partial charge >= 0.3 is 0 Å². The van der Waals surface area contributed by atoms with Crippen LogP contribution in [-0.4, -0.2) is 11.0 Å². The Hall–Kier alpha value is -1.81. The SMILES string of the molecule is O=C(Nc1ccccc1)C1CCCc2c(O)cc(Br)cc21. The third-order valence-electron chi connectivity index (χ3n) is 3.88. The second-order valence-electron chi connectivity index (χ2n) is 5.29. The summed E-state index contributed by atoms with van der Waals surface area (Å²) in [6.45, 7) is 0. The molecule has 21 heavy (non-hydrogen) atoms. The smallest absolute Gasteiger partial charge is 0.231 e. The largest absolute Gasteiger partial charge is 0.508 e. The minimum absolute atomic E-state index is 0.0142. The molecule has 0 bridgehead atoms. The van der Waals surface area contributed by atoms with Crippen molar-refractivity contribution in [3.63, 3.8) is 0 Å². The monoisotopic (exact) mass is 345 g/mol. The summed E-state index contributed by atoms with van der Waals surface area (Å²) in [6.07, 6.45) is 2.54. The van der Waals surface area contributed by atoms with Gasteiger partial charge < -0.3 is 10.4 Å². The van der Waals surface area contributed by atoms with E-state index >= 15 is 0 Å². The topological polar surface area (TPSA) is 49.3 Å². The van der Waals surface area contributed by atoms with E-state index in [-0.39, 0.29) is 17.6 Å². The van der Waals surface area contributed by atoms with E-state index in [1.54, 1.807) is 6.07 Å². The van der Waals surface area contributed by atoms with E-state index in [9.17, 15) is 9.90 Å². The molecule has 2 N–H and O–H groups in total. The molecule has 1 aliphatic rings. The van der Waals surface area contributed by atoms with Crippen LogP contribution in [0.3, 0.4) is 0 Å². The van der Waals surface area contributed by atoms with Crippen LogP contribution in [0.5, 0.6) is 5.75 Å². The first-order valence-electron chi connectivity index (χ1n) is 7.02. The van der Waals surface area contributed by atoms with Gasteiger partial charge in [0.2, 0.25) is 5.91 Å². The predicted octanol–water partition coefficient (Wildman–Crippen LogP) is 4.21. The first-order chi connectivity index (χ1) is 10.1. The first kappa shape index (κ1) is 14.1. The van der Waals surface area contributed by atoms with Crippen LogP contribution in [0.1, 0.15) is 29.9 Å². The summed E-state index contributed by atoms with van der Waals surface area (Å²) in [5.74, 6) is 0.0496. The average molecular weight is 346 g/mol. The molecule has 4 heteroatoms. The number of benzene rings is 2. The third kappa shape index (κ3) is 2.95. The van der Waals surface area contributed by atoms with Crippen LogP contribution >= 0.6 is 15.9 Å². The number of carbonyl (C=O) groups is 1. The maximum atomic E-state index is 12.5. The van der Waals surface area contributed by atoms with Gasteiger partial charge in [-0.2, -0.15) is 0 Å². The fourth-order valence-electron chi connectivity index (χ4n) is 2.89. The highest BCUT2D eigenvalue weighted by atomic mass is 79.9. The highest BCUT2D eigenvalue weighted by Crippen LogP contribution is 2.39. The van der Waals surface area contributed by atoms with E-state index in [1.165, 1.54) is 0 Å². The quantitative estimate of drug-likeness (QED) is 0.856. The molecule has 108 valence electrons. The van der Waals surface area contributed by atoms with E-state index in [0.717, 1.165) is 40.5 Å². The van der Waals surface area contributed by atoms with Crippen molar-refractivity contribution in [3.05, 3.63) is 58.1 Å². The van der Waals surface area contributed by atoms with Crippen molar-refractivity contribution in [3.8, 4) is 5.75 Å².